The van der Waals surface area contributed by atoms with Crippen LogP contribution in [0.5, 0.6) is 5.75 Å². The molecule has 2 aromatic rings. The van der Waals surface area contributed by atoms with Crippen molar-refractivity contribution in [1.82, 2.24) is 0 Å². The molecule has 0 unspecified atom stereocenters. The number of carboxylic acid groups (broad SMARTS) is 1. The topological polar surface area (TPSA) is 92.7 Å². The van der Waals surface area contributed by atoms with Gasteiger partial charge in [-0.15, -0.1) is 0 Å². The molecule has 2 aromatic carbocycles. The number of unbranched alkanes of at least 4 members (excludes halogenated alkanes) is 1. The molecule has 0 aromatic heterocycles. The molecule has 2 rings (SSSR count). The lowest BCUT2D eigenvalue weighted by molar-refractivity contribution is -0.136. The fourth-order valence-electron chi connectivity index (χ4n) is 2.55. The van der Waals surface area contributed by atoms with E-state index >= 15 is 0 Å². The number of aryl methyl sites for hydroxylation is 1. The molecule has 0 spiro atoms. The van der Waals surface area contributed by atoms with E-state index in [0.717, 1.165) is 24.8 Å². The summed E-state index contributed by atoms with van der Waals surface area (Å²) in [6.07, 6.45) is 2.87. The maximum Gasteiger partial charge on any atom is 0.307 e. The van der Waals surface area contributed by atoms with Gasteiger partial charge in [0.15, 0.2) is 0 Å². The van der Waals surface area contributed by atoms with Crippen LogP contribution in [0, 0.1) is 0 Å². The van der Waals surface area contributed by atoms with Gasteiger partial charge >= 0.3 is 5.97 Å². The molecule has 0 bridgehead atoms. The van der Waals surface area contributed by atoms with Gasteiger partial charge in [-0.3, -0.25) is 9.52 Å². The van der Waals surface area contributed by atoms with Crippen molar-refractivity contribution in [2.24, 2.45) is 0 Å². The molecule has 0 fully saturated rings. The number of carboxylic acids is 1. The highest BCUT2D eigenvalue weighted by Gasteiger charge is 2.21. The van der Waals surface area contributed by atoms with E-state index < -0.39 is 16.0 Å². The molecule has 0 aliphatic carbocycles. The molecule has 0 saturated heterocycles. The fraction of sp³-hybridized carbons (Fsp3) is 0.316. The van der Waals surface area contributed by atoms with Crippen LogP contribution < -0.4 is 9.46 Å². The van der Waals surface area contributed by atoms with Gasteiger partial charge in [-0.2, -0.15) is 0 Å². The molecule has 2 N–H and O–H groups in total. The van der Waals surface area contributed by atoms with Crippen LogP contribution in [0.1, 0.15) is 30.9 Å². The molecule has 7 heteroatoms. The molecular weight excluding hydrogens is 354 g/mol. The molecule has 26 heavy (non-hydrogen) atoms. The second kappa shape index (κ2) is 8.71. The summed E-state index contributed by atoms with van der Waals surface area (Å²) in [7, 11) is -2.54. The second-order valence-electron chi connectivity index (χ2n) is 5.96. The van der Waals surface area contributed by atoms with Gasteiger partial charge in [0.25, 0.3) is 10.0 Å². The van der Waals surface area contributed by atoms with E-state index in [1.165, 1.54) is 25.3 Å². The average Bonchev–Trinajstić information content (AvgIpc) is 2.60. The summed E-state index contributed by atoms with van der Waals surface area (Å²) < 4.78 is 33.1. The van der Waals surface area contributed by atoms with Crippen molar-refractivity contribution in [3.05, 3.63) is 53.6 Å². The van der Waals surface area contributed by atoms with E-state index in [2.05, 4.69) is 11.6 Å². The molecule has 6 nitrogen and oxygen atoms in total. The Morgan fingerprint density at radius 3 is 2.35 bits per heavy atom. The molecule has 140 valence electrons. The highest BCUT2D eigenvalue weighted by Crippen LogP contribution is 2.27. The monoisotopic (exact) mass is 377 g/mol. The zero-order chi connectivity index (χ0) is 19.2. The van der Waals surface area contributed by atoms with E-state index in [9.17, 15) is 13.2 Å². The minimum Gasteiger partial charge on any atom is -0.495 e. The van der Waals surface area contributed by atoms with Gasteiger partial charge in [-0.25, -0.2) is 8.42 Å². The molecular formula is C19H23NO5S. The van der Waals surface area contributed by atoms with E-state index in [-0.39, 0.29) is 17.1 Å². The van der Waals surface area contributed by atoms with E-state index in [1.807, 2.05) is 12.1 Å². The first kappa shape index (κ1) is 19.8. The third-order valence-electron chi connectivity index (χ3n) is 3.90. The van der Waals surface area contributed by atoms with Gasteiger partial charge in [0.05, 0.1) is 13.5 Å². The van der Waals surface area contributed by atoms with Crippen molar-refractivity contribution in [3.8, 4) is 5.75 Å². The Morgan fingerprint density at radius 1 is 1.12 bits per heavy atom. The Hall–Kier alpha value is -2.54. The van der Waals surface area contributed by atoms with Crippen LogP contribution in [-0.2, 0) is 27.7 Å². The number of sulfonamides is 1. The number of methoxy groups -OCH3 is 1. The number of anilines is 1. The van der Waals surface area contributed by atoms with Crippen LogP contribution in [0.4, 0.5) is 5.69 Å². The van der Waals surface area contributed by atoms with Crippen LogP contribution >= 0.6 is 0 Å². The quantitative estimate of drug-likeness (QED) is 0.698. The lowest BCUT2D eigenvalue weighted by Crippen LogP contribution is -2.15. The minimum absolute atomic E-state index is 0.0891. The van der Waals surface area contributed by atoms with Crippen molar-refractivity contribution >= 4 is 21.7 Å². The Labute approximate surface area is 153 Å². The van der Waals surface area contributed by atoms with Gasteiger partial charge in [0, 0.05) is 5.69 Å². The van der Waals surface area contributed by atoms with Crippen LogP contribution in [-0.4, -0.2) is 26.6 Å². The first-order valence-corrected chi connectivity index (χ1v) is 9.84. The fourth-order valence-corrected chi connectivity index (χ4v) is 3.83. The second-order valence-corrected chi connectivity index (χ2v) is 7.61. The zero-order valence-corrected chi connectivity index (χ0v) is 15.7. The number of aliphatic carboxylic acids is 1. The number of benzene rings is 2. The van der Waals surface area contributed by atoms with E-state index in [4.69, 9.17) is 9.84 Å². The van der Waals surface area contributed by atoms with Crippen molar-refractivity contribution in [2.45, 2.75) is 37.5 Å². The summed E-state index contributed by atoms with van der Waals surface area (Å²) in [6.45, 7) is 2.12. The van der Waals surface area contributed by atoms with Gasteiger partial charge in [0.1, 0.15) is 10.6 Å². The van der Waals surface area contributed by atoms with Crippen LogP contribution in [0.3, 0.4) is 0 Å². The van der Waals surface area contributed by atoms with Crippen LogP contribution in [0.2, 0.25) is 0 Å². The molecule has 0 heterocycles. The number of rotatable bonds is 9. The largest absolute Gasteiger partial charge is 0.495 e. The average molecular weight is 377 g/mol. The van der Waals surface area contributed by atoms with Gasteiger partial charge in [-0.05, 0) is 48.2 Å². The highest BCUT2D eigenvalue weighted by molar-refractivity contribution is 7.92. The summed E-state index contributed by atoms with van der Waals surface area (Å²) in [4.78, 5) is 10.8. The summed E-state index contributed by atoms with van der Waals surface area (Å²) in [5.74, 6) is -0.875. The third kappa shape index (κ3) is 5.23. The van der Waals surface area contributed by atoms with Crippen molar-refractivity contribution < 1.29 is 23.1 Å². The Bertz CT molecular complexity index is 860. The highest BCUT2D eigenvalue weighted by atomic mass is 32.2. The minimum atomic E-state index is -3.91. The van der Waals surface area contributed by atoms with Crippen molar-refractivity contribution in [1.29, 1.82) is 0 Å². The van der Waals surface area contributed by atoms with Crippen molar-refractivity contribution in [3.63, 3.8) is 0 Å². The maximum atomic E-state index is 12.7. The normalized spacial score (nSPS) is 11.2. The van der Waals surface area contributed by atoms with Gasteiger partial charge < -0.3 is 9.84 Å². The third-order valence-corrected chi connectivity index (χ3v) is 5.30. The Morgan fingerprint density at radius 2 is 1.77 bits per heavy atom. The smallest absolute Gasteiger partial charge is 0.307 e. The summed E-state index contributed by atoms with van der Waals surface area (Å²) in [5, 5.41) is 8.91. The molecule has 0 radical (unpaired) electrons. The molecule has 0 saturated carbocycles. The van der Waals surface area contributed by atoms with Crippen molar-refractivity contribution in [2.75, 3.05) is 11.8 Å². The Kier molecular flexibility index (Phi) is 6.63. The maximum absolute atomic E-state index is 12.7. The molecule has 0 aliphatic rings. The van der Waals surface area contributed by atoms with E-state index in [0.29, 0.717) is 11.3 Å². The summed E-state index contributed by atoms with van der Waals surface area (Å²) in [6, 6.07) is 11.5. The van der Waals surface area contributed by atoms with Gasteiger partial charge in [-0.1, -0.05) is 31.5 Å². The summed E-state index contributed by atoms with van der Waals surface area (Å²) >= 11 is 0. The number of hydrogen-bond donors (Lipinski definition) is 2. The first-order chi connectivity index (χ1) is 12.4. The van der Waals surface area contributed by atoms with E-state index in [1.54, 1.807) is 12.1 Å². The number of nitrogens with one attached hydrogen (secondary N) is 1. The SMILES string of the molecule is CCCCc1ccc(NS(=O)(=O)c2cc(CC(=O)O)ccc2OC)cc1. The predicted octanol–water partition coefficient (Wildman–Crippen LogP) is 3.47. The number of ether oxygens (including phenoxy) is 1. The lowest BCUT2D eigenvalue weighted by Gasteiger charge is -2.13. The molecule has 0 aliphatic heterocycles. The van der Waals surface area contributed by atoms with Gasteiger partial charge in [0.2, 0.25) is 0 Å². The number of carbonyl (C=O) groups is 1. The molecule has 0 atom stereocenters. The number of hydrogen-bond acceptors (Lipinski definition) is 4. The lowest BCUT2D eigenvalue weighted by atomic mass is 10.1. The molecule has 0 amide bonds. The predicted molar refractivity (Wildman–Crippen MR) is 100 cm³/mol. The first-order valence-electron chi connectivity index (χ1n) is 8.36. The zero-order valence-electron chi connectivity index (χ0n) is 14.9. The summed E-state index contributed by atoms with van der Waals surface area (Å²) in [5.41, 5.74) is 1.97. The van der Waals surface area contributed by atoms with Crippen LogP contribution in [0.25, 0.3) is 0 Å². The van der Waals surface area contributed by atoms with Crippen LogP contribution in [0.15, 0.2) is 47.4 Å². The standard InChI is InChI=1S/C19H23NO5S/c1-3-4-5-14-6-9-16(10-7-14)20-26(23,24)18-12-15(13-19(21)22)8-11-17(18)25-2/h6-12,20H,3-5,13H2,1-2H3,(H,21,22). The Balaban J connectivity index is 2.27.